The van der Waals surface area contributed by atoms with Crippen LogP contribution in [0.1, 0.15) is 11.1 Å². The van der Waals surface area contributed by atoms with Crippen LogP contribution in [-0.2, 0) is 32.6 Å². The zero-order valence-corrected chi connectivity index (χ0v) is 26.2. The lowest BCUT2D eigenvalue weighted by Gasteiger charge is -2.35. The van der Waals surface area contributed by atoms with E-state index >= 15 is 0 Å². The summed E-state index contributed by atoms with van der Waals surface area (Å²) in [7, 11) is -4.10. The highest BCUT2D eigenvalue weighted by molar-refractivity contribution is 9.10. The molecule has 8 nitrogen and oxygen atoms in total. The second kappa shape index (κ2) is 13.7. The van der Waals surface area contributed by atoms with Crippen LogP contribution in [0.4, 0.5) is 5.69 Å². The summed E-state index contributed by atoms with van der Waals surface area (Å²) in [5, 5.41) is 3.29. The molecule has 222 valence electrons. The minimum absolute atomic E-state index is 0.0138. The molecule has 5 rings (SSSR count). The van der Waals surface area contributed by atoms with E-state index in [1.165, 1.54) is 29.2 Å². The minimum atomic E-state index is -4.10. The van der Waals surface area contributed by atoms with Crippen LogP contribution in [0.5, 0.6) is 5.75 Å². The van der Waals surface area contributed by atoms with Gasteiger partial charge in [0.1, 0.15) is 5.75 Å². The molecular weight excluding hydrogens is 654 g/mol. The molecule has 0 radical (unpaired) electrons. The van der Waals surface area contributed by atoms with Gasteiger partial charge in [0, 0.05) is 22.6 Å². The number of halogens is 2. The molecule has 1 N–H and O–H groups in total. The lowest BCUT2D eigenvalue weighted by atomic mass is 10.1. The SMILES string of the molecule is O=C(NCCc1ccccc1)[C@H]1CN(C(=O)CN(Cc2ccc(Br)cc2)S(=O)(=O)c2ccc(Cl)cc2)c2ccccc2O1. The Morgan fingerprint density at radius 1 is 0.907 bits per heavy atom. The van der Waals surface area contributed by atoms with E-state index in [1.807, 2.05) is 42.5 Å². The molecule has 1 aliphatic rings. The van der Waals surface area contributed by atoms with Gasteiger partial charge in [0.25, 0.3) is 5.91 Å². The van der Waals surface area contributed by atoms with Crippen molar-refractivity contribution in [2.75, 3.05) is 24.5 Å². The summed E-state index contributed by atoms with van der Waals surface area (Å²) in [5.41, 5.74) is 2.25. The Bertz CT molecular complexity index is 1690. The third kappa shape index (κ3) is 7.64. The second-order valence-corrected chi connectivity index (χ2v) is 13.2. The van der Waals surface area contributed by atoms with Crippen LogP contribution in [-0.4, -0.2) is 50.3 Å². The number of hydrogen-bond donors (Lipinski definition) is 1. The van der Waals surface area contributed by atoms with Crippen molar-refractivity contribution in [3.05, 3.63) is 124 Å². The predicted octanol–water partition coefficient (Wildman–Crippen LogP) is 5.45. The van der Waals surface area contributed by atoms with Gasteiger partial charge < -0.3 is 15.0 Å². The first-order chi connectivity index (χ1) is 20.7. The number of ether oxygens (including phenoxy) is 1. The highest BCUT2D eigenvalue weighted by atomic mass is 79.9. The number of carbonyl (C=O) groups excluding carboxylic acids is 2. The van der Waals surface area contributed by atoms with E-state index in [0.717, 1.165) is 14.3 Å². The second-order valence-electron chi connectivity index (χ2n) is 9.96. The number of para-hydroxylation sites is 2. The average molecular weight is 683 g/mol. The molecule has 4 aromatic carbocycles. The normalized spacial score (nSPS) is 14.6. The molecule has 0 fully saturated rings. The summed E-state index contributed by atoms with van der Waals surface area (Å²) < 4.78 is 35.6. The molecule has 0 unspecified atom stereocenters. The summed E-state index contributed by atoms with van der Waals surface area (Å²) in [5.74, 6) is -0.485. The maximum absolute atomic E-state index is 13.9. The van der Waals surface area contributed by atoms with Crippen molar-refractivity contribution in [2.45, 2.75) is 24.0 Å². The van der Waals surface area contributed by atoms with Gasteiger partial charge in [0.15, 0.2) is 6.10 Å². The van der Waals surface area contributed by atoms with E-state index in [2.05, 4.69) is 21.2 Å². The zero-order chi connectivity index (χ0) is 30.4. The van der Waals surface area contributed by atoms with Crippen LogP contribution < -0.4 is 15.0 Å². The smallest absolute Gasteiger partial charge is 0.262 e. The molecule has 0 saturated heterocycles. The molecule has 4 aromatic rings. The van der Waals surface area contributed by atoms with Crippen molar-refractivity contribution in [3.63, 3.8) is 0 Å². The molecule has 2 amide bonds. The Hall–Kier alpha value is -3.70. The first-order valence-electron chi connectivity index (χ1n) is 13.6. The summed E-state index contributed by atoms with van der Waals surface area (Å²) in [6, 6.07) is 29.7. The van der Waals surface area contributed by atoms with Crippen molar-refractivity contribution in [1.82, 2.24) is 9.62 Å². The van der Waals surface area contributed by atoms with Gasteiger partial charge in [-0.3, -0.25) is 9.59 Å². The molecule has 11 heteroatoms. The van der Waals surface area contributed by atoms with Gasteiger partial charge in [0.2, 0.25) is 15.9 Å². The summed E-state index contributed by atoms with van der Waals surface area (Å²) in [6.07, 6.45) is -0.325. The lowest BCUT2D eigenvalue weighted by molar-refractivity contribution is -0.128. The van der Waals surface area contributed by atoms with E-state index in [9.17, 15) is 18.0 Å². The third-order valence-corrected chi connectivity index (χ3v) is 9.54. The first-order valence-corrected chi connectivity index (χ1v) is 16.2. The van der Waals surface area contributed by atoms with Gasteiger partial charge in [-0.25, -0.2) is 8.42 Å². The Morgan fingerprint density at radius 3 is 2.30 bits per heavy atom. The van der Waals surface area contributed by atoms with Crippen LogP contribution in [0.25, 0.3) is 0 Å². The third-order valence-electron chi connectivity index (χ3n) is 6.96. The van der Waals surface area contributed by atoms with E-state index in [-0.39, 0.29) is 23.9 Å². The largest absolute Gasteiger partial charge is 0.477 e. The molecule has 0 spiro atoms. The van der Waals surface area contributed by atoms with Crippen LogP contribution in [0.2, 0.25) is 5.02 Å². The van der Waals surface area contributed by atoms with Crippen molar-refractivity contribution in [1.29, 1.82) is 0 Å². The zero-order valence-electron chi connectivity index (χ0n) is 23.0. The van der Waals surface area contributed by atoms with Crippen molar-refractivity contribution in [2.24, 2.45) is 0 Å². The molecule has 1 atom stereocenters. The Kier molecular flexibility index (Phi) is 9.82. The quantitative estimate of drug-likeness (QED) is 0.240. The molecule has 0 aliphatic carbocycles. The van der Waals surface area contributed by atoms with Gasteiger partial charge >= 0.3 is 0 Å². The summed E-state index contributed by atoms with van der Waals surface area (Å²) in [6.45, 7) is -0.171. The number of sulfonamides is 1. The minimum Gasteiger partial charge on any atom is -0.477 e. The van der Waals surface area contributed by atoms with Gasteiger partial charge in [0.05, 0.1) is 23.7 Å². The maximum atomic E-state index is 13.9. The fourth-order valence-electron chi connectivity index (χ4n) is 4.71. The maximum Gasteiger partial charge on any atom is 0.262 e. The topological polar surface area (TPSA) is 96.0 Å². The average Bonchev–Trinajstić information content (AvgIpc) is 3.01. The molecule has 0 bridgehead atoms. The van der Waals surface area contributed by atoms with E-state index in [4.69, 9.17) is 16.3 Å². The molecule has 1 aliphatic heterocycles. The number of rotatable bonds is 10. The van der Waals surface area contributed by atoms with Gasteiger partial charge in [-0.15, -0.1) is 0 Å². The van der Waals surface area contributed by atoms with Crippen molar-refractivity contribution < 1.29 is 22.7 Å². The molecular formula is C32H29BrClN3O5S. The van der Waals surface area contributed by atoms with Gasteiger partial charge in [-0.1, -0.05) is 82.1 Å². The number of nitrogens with zero attached hydrogens (tertiary/aromatic N) is 2. The van der Waals surface area contributed by atoms with Gasteiger partial charge in [-0.2, -0.15) is 4.31 Å². The highest BCUT2D eigenvalue weighted by Gasteiger charge is 2.36. The van der Waals surface area contributed by atoms with Crippen LogP contribution >= 0.6 is 27.5 Å². The Balaban J connectivity index is 1.37. The Labute approximate surface area is 264 Å². The van der Waals surface area contributed by atoms with Crippen LogP contribution in [0.3, 0.4) is 0 Å². The number of benzene rings is 4. The number of amides is 2. The van der Waals surface area contributed by atoms with E-state index in [0.29, 0.717) is 35.0 Å². The van der Waals surface area contributed by atoms with Crippen LogP contribution in [0.15, 0.2) is 112 Å². The molecule has 43 heavy (non-hydrogen) atoms. The predicted molar refractivity (Wildman–Crippen MR) is 170 cm³/mol. The molecule has 1 heterocycles. The monoisotopic (exact) mass is 681 g/mol. The van der Waals surface area contributed by atoms with Crippen molar-refractivity contribution >= 4 is 55.1 Å². The summed E-state index contributed by atoms with van der Waals surface area (Å²) >= 11 is 9.40. The van der Waals surface area contributed by atoms with E-state index < -0.39 is 28.6 Å². The highest BCUT2D eigenvalue weighted by Crippen LogP contribution is 2.34. The lowest BCUT2D eigenvalue weighted by Crippen LogP contribution is -2.53. The number of carbonyl (C=O) groups is 2. The number of hydrogen-bond acceptors (Lipinski definition) is 5. The standard InChI is InChI=1S/C32H29BrClN3O5S/c33-25-12-10-24(11-13-25)20-36(43(40,41)27-16-14-26(34)15-17-27)22-31(38)37-21-30(42-29-9-5-4-8-28(29)37)32(39)35-19-18-23-6-2-1-3-7-23/h1-17,30H,18-22H2,(H,35,39)/t30-/m1/s1. The molecule has 0 saturated carbocycles. The number of nitrogens with one attached hydrogen (secondary N) is 1. The number of fused-ring (bicyclic) bond motifs is 1. The van der Waals surface area contributed by atoms with Gasteiger partial charge in [-0.05, 0) is 66.1 Å². The van der Waals surface area contributed by atoms with Crippen molar-refractivity contribution in [3.8, 4) is 5.75 Å². The summed E-state index contributed by atoms with van der Waals surface area (Å²) in [4.78, 5) is 28.5. The van der Waals surface area contributed by atoms with Crippen LogP contribution in [0, 0.1) is 0 Å². The fraction of sp³-hybridized carbons (Fsp3) is 0.188. The fourth-order valence-corrected chi connectivity index (χ4v) is 6.47. The Morgan fingerprint density at radius 2 is 1.58 bits per heavy atom. The first kappa shape index (κ1) is 30.7. The van der Waals surface area contributed by atoms with E-state index in [1.54, 1.807) is 36.4 Å². The molecule has 0 aromatic heterocycles. The number of anilines is 1.